The Bertz CT molecular complexity index is 1380. The second-order valence-electron chi connectivity index (χ2n) is 7.71. The zero-order valence-corrected chi connectivity index (χ0v) is 18.5. The van der Waals surface area contributed by atoms with Crippen molar-refractivity contribution in [2.24, 2.45) is 0 Å². The molecule has 5 rings (SSSR count). The predicted octanol–water partition coefficient (Wildman–Crippen LogP) is 5.68. The van der Waals surface area contributed by atoms with Crippen LogP contribution in [0.5, 0.6) is 5.75 Å². The van der Waals surface area contributed by atoms with Gasteiger partial charge in [-0.3, -0.25) is 4.79 Å². The maximum Gasteiger partial charge on any atom is 0.416 e. The number of carbonyl (C=O) groups excluding carboxylic acids is 1. The molecule has 4 aromatic rings. The van der Waals surface area contributed by atoms with E-state index in [-0.39, 0.29) is 17.9 Å². The van der Waals surface area contributed by atoms with Gasteiger partial charge in [0.25, 0.3) is 0 Å². The number of aromatic nitrogens is 3. The second kappa shape index (κ2) is 7.87. The molecule has 6 nitrogen and oxygen atoms in total. The molecule has 2 aromatic heterocycles. The highest BCUT2D eigenvalue weighted by atomic mass is 32.1. The number of nitrogens with one attached hydrogen (secondary N) is 1. The molecule has 0 radical (unpaired) electrons. The fourth-order valence-corrected chi connectivity index (χ4v) is 5.20. The minimum atomic E-state index is -4.53. The molecule has 0 spiro atoms. The number of rotatable bonds is 4. The predicted molar refractivity (Wildman–Crippen MR) is 119 cm³/mol. The quantitative estimate of drug-likeness (QED) is 0.415. The fraction of sp³-hybridized carbons (Fsp3) is 0.261. The lowest BCUT2D eigenvalue weighted by Crippen LogP contribution is -2.26. The van der Waals surface area contributed by atoms with E-state index in [1.165, 1.54) is 28.2 Å². The highest BCUT2D eigenvalue weighted by molar-refractivity contribution is 7.20. The van der Waals surface area contributed by atoms with Gasteiger partial charge in [-0.15, -0.1) is 0 Å². The molecule has 1 aliphatic rings. The van der Waals surface area contributed by atoms with Crippen molar-refractivity contribution >= 4 is 33.3 Å². The Morgan fingerprint density at radius 3 is 2.79 bits per heavy atom. The maximum atomic E-state index is 13.7. The van der Waals surface area contributed by atoms with Gasteiger partial charge in [-0.1, -0.05) is 29.5 Å². The summed E-state index contributed by atoms with van der Waals surface area (Å²) in [5.74, 6) is -0.0598. The third-order valence-corrected chi connectivity index (χ3v) is 6.58. The molecular weight excluding hydrogens is 453 g/mol. The van der Waals surface area contributed by atoms with Crippen molar-refractivity contribution in [2.75, 3.05) is 11.9 Å². The number of halogens is 3. The molecule has 170 valence electrons. The topological polar surface area (TPSA) is 69.0 Å². The summed E-state index contributed by atoms with van der Waals surface area (Å²) >= 11 is 1.36. The van der Waals surface area contributed by atoms with Crippen LogP contribution >= 0.6 is 11.3 Å². The number of aryl methyl sites for hydroxylation is 1. The number of alkyl halides is 3. The third kappa shape index (κ3) is 3.74. The number of anilines is 1. The average molecular weight is 472 g/mol. The van der Waals surface area contributed by atoms with Gasteiger partial charge in [-0.05, 0) is 43.7 Å². The van der Waals surface area contributed by atoms with Gasteiger partial charge < -0.3 is 10.1 Å². The number of hydrogen-bond acceptors (Lipinski definition) is 5. The average Bonchev–Trinajstić information content (AvgIpc) is 3.33. The Balaban J connectivity index is 1.64. The molecule has 1 aliphatic heterocycles. The summed E-state index contributed by atoms with van der Waals surface area (Å²) < 4.78 is 49.1. The van der Waals surface area contributed by atoms with Gasteiger partial charge in [-0.2, -0.15) is 23.0 Å². The maximum absolute atomic E-state index is 13.7. The first-order valence-corrected chi connectivity index (χ1v) is 11.2. The van der Waals surface area contributed by atoms with E-state index in [4.69, 9.17) is 4.74 Å². The van der Waals surface area contributed by atoms with Crippen LogP contribution in [0.4, 0.5) is 19.0 Å². The first-order chi connectivity index (χ1) is 15.8. The molecule has 1 atom stereocenters. The van der Waals surface area contributed by atoms with E-state index in [1.54, 1.807) is 13.0 Å². The Labute approximate surface area is 191 Å². The first-order valence-electron chi connectivity index (χ1n) is 10.4. The van der Waals surface area contributed by atoms with Crippen LogP contribution in [-0.2, 0) is 11.0 Å². The standard InChI is InChI=1S/C23H19F3N4O2S/c1-3-32-13-8-9-17-18(10-13)33-22(27-17)30-21-20(12(2)29-30)15(11-19(31)28-21)14-6-4-5-7-16(14)23(24,25)26/h4-10,15H,3,11H2,1-2H3,(H,28,31)/t15-/m1/s1. The number of benzene rings is 2. The van der Waals surface area contributed by atoms with Crippen molar-refractivity contribution in [3.63, 3.8) is 0 Å². The summed E-state index contributed by atoms with van der Waals surface area (Å²) in [6.07, 6.45) is -4.62. The number of hydrogen-bond donors (Lipinski definition) is 1. The van der Waals surface area contributed by atoms with Gasteiger partial charge >= 0.3 is 6.18 Å². The normalized spacial score (nSPS) is 16.0. The van der Waals surface area contributed by atoms with E-state index >= 15 is 0 Å². The van der Waals surface area contributed by atoms with Crippen molar-refractivity contribution in [3.8, 4) is 10.9 Å². The van der Waals surface area contributed by atoms with Gasteiger partial charge in [0.1, 0.15) is 11.6 Å². The Morgan fingerprint density at radius 1 is 1.24 bits per heavy atom. The molecule has 10 heteroatoms. The summed E-state index contributed by atoms with van der Waals surface area (Å²) in [6, 6.07) is 10.9. The number of ether oxygens (including phenoxy) is 1. The molecule has 3 heterocycles. The minimum Gasteiger partial charge on any atom is -0.494 e. The Kier molecular flexibility index (Phi) is 5.12. The van der Waals surface area contributed by atoms with Gasteiger partial charge in [0.2, 0.25) is 11.0 Å². The van der Waals surface area contributed by atoms with Crippen LogP contribution in [0.15, 0.2) is 42.5 Å². The zero-order chi connectivity index (χ0) is 23.3. The van der Waals surface area contributed by atoms with E-state index in [1.807, 2.05) is 25.1 Å². The molecule has 33 heavy (non-hydrogen) atoms. The lowest BCUT2D eigenvalue weighted by Gasteiger charge is -2.26. The molecule has 0 saturated heterocycles. The number of thiazole rings is 1. The van der Waals surface area contributed by atoms with Crippen molar-refractivity contribution in [1.82, 2.24) is 14.8 Å². The highest BCUT2D eigenvalue weighted by Gasteiger charge is 2.39. The van der Waals surface area contributed by atoms with E-state index in [9.17, 15) is 18.0 Å². The second-order valence-corrected chi connectivity index (χ2v) is 8.72. The van der Waals surface area contributed by atoms with Crippen LogP contribution < -0.4 is 10.1 Å². The molecule has 0 bridgehead atoms. The number of fused-ring (bicyclic) bond motifs is 2. The Morgan fingerprint density at radius 2 is 2.03 bits per heavy atom. The van der Waals surface area contributed by atoms with E-state index in [0.29, 0.717) is 28.8 Å². The van der Waals surface area contributed by atoms with Gasteiger partial charge in [0.05, 0.1) is 28.1 Å². The molecule has 0 unspecified atom stereocenters. The molecule has 0 fully saturated rings. The van der Waals surface area contributed by atoms with Gasteiger partial charge in [-0.25, -0.2) is 4.98 Å². The monoisotopic (exact) mass is 472 g/mol. The molecule has 0 aliphatic carbocycles. The lowest BCUT2D eigenvalue weighted by atomic mass is 9.83. The number of nitrogens with zero attached hydrogens (tertiary/aromatic N) is 3. The summed E-state index contributed by atoms with van der Waals surface area (Å²) in [4.78, 5) is 17.2. The molecule has 1 N–H and O–H groups in total. The van der Waals surface area contributed by atoms with Crippen molar-refractivity contribution in [3.05, 3.63) is 64.8 Å². The fourth-order valence-electron chi connectivity index (χ4n) is 4.25. The number of amides is 1. The van der Waals surface area contributed by atoms with Crippen LogP contribution in [0, 0.1) is 6.92 Å². The SMILES string of the molecule is CCOc1ccc2nc(-n3nc(C)c4c3NC(=O)C[C@@H]4c3ccccc3C(F)(F)F)sc2c1. The van der Waals surface area contributed by atoms with E-state index in [0.717, 1.165) is 22.0 Å². The smallest absolute Gasteiger partial charge is 0.416 e. The van der Waals surface area contributed by atoms with Crippen LogP contribution in [0.3, 0.4) is 0 Å². The lowest BCUT2D eigenvalue weighted by molar-refractivity contribution is -0.138. The van der Waals surface area contributed by atoms with E-state index < -0.39 is 17.7 Å². The summed E-state index contributed by atoms with van der Waals surface area (Å²) in [7, 11) is 0. The van der Waals surface area contributed by atoms with Crippen molar-refractivity contribution in [1.29, 1.82) is 0 Å². The van der Waals surface area contributed by atoms with Crippen LogP contribution in [0.25, 0.3) is 15.3 Å². The molecular formula is C23H19F3N4O2S. The van der Waals surface area contributed by atoms with Gasteiger partial charge in [0, 0.05) is 17.9 Å². The van der Waals surface area contributed by atoms with Crippen LogP contribution in [0.1, 0.15) is 41.6 Å². The third-order valence-electron chi connectivity index (χ3n) is 5.58. The summed E-state index contributed by atoms with van der Waals surface area (Å²) in [6.45, 7) is 4.17. The Hall–Kier alpha value is -3.40. The van der Waals surface area contributed by atoms with Crippen molar-refractivity contribution < 1.29 is 22.7 Å². The molecule has 2 aromatic carbocycles. The van der Waals surface area contributed by atoms with Crippen molar-refractivity contribution in [2.45, 2.75) is 32.4 Å². The van der Waals surface area contributed by atoms with Crippen LogP contribution in [0.2, 0.25) is 0 Å². The first kappa shape index (κ1) is 21.4. The molecule has 0 saturated carbocycles. The highest BCUT2D eigenvalue weighted by Crippen LogP contribution is 2.45. The summed E-state index contributed by atoms with van der Waals surface area (Å²) in [5, 5.41) is 7.87. The zero-order valence-electron chi connectivity index (χ0n) is 17.7. The minimum absolute atomic E-state index is 0.0643. The van der Waals surface area contributed by atoms with Gasteiger partial charge in [0.15, 0.2) is 0 Å². The summed E-state index contributed by atoms with van der Waals surface area (Å²) in [5.41, 5.74) is 1.17. The number of carbonyl (C=O) groups is 1. The molecule has 1 amide bonds. The van der Waals surface area contributed by atoms with E-state index in [2.05, 4.69) is 15.4 Å². The van der Waals surface area contributed by atoms with Crippen LogP contribution in [-0.4, -0.2) is 27.3 Å². The largest absolute Gasteiger partial charge is 0.494 e.